The number of ether oxygens (including phenoxy) is 3. The van der Waals surface area contributed by atoms with Crippen LogP contribution in [0.3, 0.4) is 0 Å². The van der Waals surface area contributed by atoms with Gasteiger partial charge in [-0.1, -0.05) is 72.8 Å². The summed E-state index contributed by atoms with van der Waals surface area (Å²) < 4.78 is 14.9. The normalized spacial score (nSPS) is 12.9. The fourth-order valence-electron chi connectivity index (χ4n) is 9.70. The second-order valence-electron chi connectivity index (χ2n) is 21.3. The Morgan fingerprint density at radius 1 is 0.570 bits per heavy atom. The number of thiophene rings is 3. The van der Waals surface area contributed by atoms with Crippen LogP contribution in [0.5, 0.6) is 0 Å². The molecule has 10 rings (SSSR count). The average molecular weight is 1490 g/mol. The lowest BCUT2D eigenvalue weighted by atomic mass is 10.0. The topological polar surface area (TPSA) is 428 Å². The highest BCUT2D eigenvalue weighted by atomic mass is 35.5. The molecular weight excluding hydrogens is 1410 g/mol. The third-order valence-corrected chi connectivity index (χ3v) is 18.4. The molecule has 4 aliphatic rings. The number of amides is 9. The number of hydrogen-bond donors (Lipinski definition) is 8. The summed E-state index contributed by atoms with van der Waals surface area (Å²) in [5, 5.41) is 18.8. The van der Waals surface area contributed by atoms with Crippen LogP contribution >= 0.6 is 68.8 Å². The van der Waals surface area contributed by atoms with Crippen molar-refractivity contribution in [2.45, 2.75) is 71.0 Å². The third kappa shape index (κ3) is 25.6. The quantitative estimate of drug-likeness (QED) is 0.0182. The van der Waals surface area contributed by atoms with Gasteiger partial charge in [0.05, 0.1) is 59.4 Å². The molecule has 100 heavy (non-hydrogen) atoms. The van der Waals surface area contributed by atoms with E-state index in [4.69, 9.17) is 77.2 Å². The van der Waals surface area contributed by atoms with Crippen molar-refractivity contribution < 1.29 is 67.0 Å². The molecule has 1 saturated heterocycles. The molecule has 13 N–H and O–H groups in total. The van der Waals surface area contributed by atoms with Crippen molar-refractivity contribution in [3.8, 4) is 6.07 Å². The van der Waals surface area contributed by atoms with Crippen LogP contribution in [0, 0.1) is 11.3 Å². The zero-order chi connectivity index (χ0) is 73.4. The van der Waals surface area contributed by atoms with Gasteiger partial charge in [-0.3, -0.25) is 33.6 Å². The van der Waals surface area contributed by atoms with Gasteiger partial charge in [0.2, 0.25) is 35.6 Å². The summed E-state index contributed by atoms with van der Waals surface area (Å²) in [6.45, 7) is 15.1. The van der Waals surface area contributed by atoms with E-state index in [1.807, 2.05) is 0 Å². The van der Waals surface area contributed by atoms with Crippen molar-refractivity contribution in [2.24, 2.45) is 27.9 Å². The summed E-state index contributed by atoms with van der Waals surface area (Å²) in [6, 6.07) is 21.8. The zero-order valence-corrected chi connectivity index (χ0v) is 58.6. The summed E-state index contributed by atoms with van der Waals surface area (Å²) in [4.78, 5) is 137. The Morgan fingerprint density at radius 2 is 0.960 bits per heavy atom. The molecule has 0 radical (unpaired) electrons. The zero-order valence-electron chi connectivity index (χ0n) is 53.9. The standard InChI is InChI=1S/C20H20ClN3O4S.C16H16ClN3O2S.C12H15N3O3S.C9H13NO3.C7H4ClNO.C3H4N2O/c1-2-9-28-20(27)24-8-7-14-16(11-24)29-15(18(14)19(22)26)10-17(25)23-13-5-3-12(21)4-6-13;17-9-1-3-10(4-2-9)20-14(21)7-12-15(16(18)22)11-5-6-19-8-13(11)23-12;1-2-5-18-12(17)15-4-3-7-8(6-15)19-11(14)9(7)10(13)16;1-2-7-13-9(12)10-5-3-8(11)4-6-10;8-6-1-3-7(4-2-6)9-5-10;4-2-1-3(5)6/h2-6H,1,7-11H2,(H2,22,26)(H,23,25);1-4,19H,5-8H2,(H2,18,22)(H,20,21);2H,1,3-6,14H2,(H2,13,16);2H,1,3-7H2;1-4H;1H2,(H2,5,6). The van der Waals surface area contributed by atoms with Crippen molar-refractivity contribution in [1.82, 2.24) is 20.0 Å². The monoisotopic (exact) mass is 1480 g/mol. The Kier molecular flexibility index (Phi) is 33.2. The molecule has 6 aromatic rings. The number of aliphatic imine (C=N–C) groups is 1. The molecule has 0 saturated carbocycles. The minimum atomic E-state index is -0.572. The van der Waals surface area contributed by atoms with E-state index in [-0.39, 0.29) is 62.8 Å². The van der Waals surface area contributed by atoms with E-state index < -0.39 is 35.8 Å². The number of nitrogens with two attached hydrogens (primary N) is 5. The molecule has 9 amide bonds. The molecule has 0 unspecified atom stereocenters. The van der Waals surface area contributed by atoms with E-state index in [9.17, 15) is 52.7 Å². The Labute approximate surface area is 602 Å². The largest absolute Gasteiger partial charge is 0.445 e. The minimum Gasteiger partial charge on any atom is -0.445 e. The van der Waals surface area contributed by atoms with Gasteiger partial charge in [0, 0.05) is 96.4 Å². The van der Waals surface area contributed by atoms with Gasteiger partial charge < -0.3 is 73.5 Å². The molecule has 3 aromatic carbocycles. The lowest BCUT2D eigenvalue weighted by molar-refractivity contribution is -0.121. The number of nitrogen functional groups attached to an aromatic ring is 1. The fraction of sp³-hybridized carbons (Fsp3) is 0.284. The third-order valence-electron chi connectivity index (χ3n) is 14.2. The highest BCUT2D eigenvalue weighted by molar-refractivity contribution is 7.16. The van der Waals surface area contributed by atoms with Crippen LogP contribution in [0.4, 0.5) is 36.4 Å². The van der Waals surface area contributed by atoms with Gasteiger partial charge in [-0.25, -0.2) is 19.2 Å². The first-order chi connectivity index (χ1) is 47.8. The molecule has 0 spiro atoms. The lowest BCUT2D eigenvalue weighted by Gasteiger charge is -2.26. The van der Waals surface area contributed by atoms with Gasteiger partial charge in [-0.05, 0) is 115 Å². The average Bonchev–Trinajstić information content (AvgIpc) is 1.65. The van der Waals surface area contributed by atoms with Crippen molar-refractivity contribution in [1.29, 1.82) is 5.26 Å². The molecule has 3 aromatic heterocycles. The maximum atomic E-state index is 12.5. The highest BCUT2D eigenvalue weighted by Gasteiger charge is 2.32. The molecule has 4 aliphatic heterocycles. The van der Waals surface area contributed by atoms with Gasteiger partial charge in [0.15, 0.2) is 0 Å². The summed E-state index contributed by atoms with van der Waals surface area (Å²) in [7, 11) is 0. The lowest BCUT2D eigenvalue weighted by Crippen LogP contribution is -2.38. The Morgan fingerprint density at radius 3 is 1.36 bits per heavy atom. The van der Waals surface area contributed by atoms with Crippen molar-refractivity contribution >= 4 is 156 Å². The number of rotatable bonds is 17. The summed E-state index contributed by atoms with van der Waals surface area (Å²) in [5.41, 5.74) is 32.6. The van der Waals surface area contributed by atoms with Crippen LogP contribution in [0.2, 0.25) is 15.1 Å². The Hall–Kier alpha value is -10.2. The molecular formula is C67H72Cl3N13O14S3. The van der Waals surface area contributed by atoms with Gasteiger partial charge in [0.1, 0.15) is 32.0 Å². The number of fused-ring (bicyclic) bond motifs is 3. The second-order valence-corrected chi connectivity index (χ2v) is 26.1. The number of isocyanates is 1. The van der Waals surface area contributed by atoms with Crippen molar-refractivity contribution in [3.05, 3.63) is 184 Å². The summed E-state index contributed by atoms with van der Waals surface area (Å²) >= 11 is 21.4. The maximum Gasteiger partial charge on any atom is 0.410 e. The van der Waals surface area contributed by atoms with Crippen LogP contribution in [-0.4, -0.2) is 133 Å². The number of benzene rings is 3. The van der Waals surface area contributed by atoms with Crippen LogP contribution in [-0.2, 0) is 89.9 Å². The molecule has 33 heteroatoms. The fourth-order valence-corrected chi connectivity index (χ4v) is 13.9. The number of ketones is 1. The number of nitrogens with zero attached hydrogens (tertiary/aromatic N) is 5. The van der Waals surface area contributed by atoms with Gasteiger partial charge >= 0.3 is 18.3 Å². The van der Waals surface area contributed by atoms with Crippen LogP contribution < -0.4 is 44.6 Å². The van der Waals surface area contributed by atoms with E-state index in [0.717, 1.165) is 55.7 Å². The van der Waals surface area contributed by atoms with Crippen molar-refractivity contribution in [3.63, 3.8) is 0 Å². The Bertz CT molecular complexity index is 4050. The first-order valence-corrected chi connectivity index (χ1v) is 33.9. The van der Waals surface area contributed by atoms with Gasteiger partial charge in [0.25, 0.3) is 5.91 Å². The first-order valence-electron chi connectivity index (χ1n) is 30.3. The molecule has 0 atom stereocenters. The number of Topliss-reactive ketones (excluding diaryl/α,β-unsaturated/α-hetero) is 1. The Balaban J connectivity index is 0.000000229. The molecule has 0 bridgehead atoms. The number of halogens is 3. The van der Waals surface area contributed by atoms with Crippen LogP contribution in [0.25, 0.3) is 0 Å². The number of likely N-dealkylation sites (tertiary alicyclic amines) is 1. The van der Waals surface area contributed by atoms with Crippen LogP contribution in [0.15, 0.2) is 116 Å². The SMILES string of the molecule is C=CCOC(=O)N1CCC(=O)CC1.C=CCOC(=O)N1CCc2c(sc(CC(=O)Nc3ccc(Cl)cc3)c2C(N)=O)C1.C=CCOC(=O)N1CCc2c(sc(N)c2C(N)=O)C1.N#CCC(N)=O.NC(=O)c1c(CC(=O)Nc2ccc(Cl)cc2)sc2c1CCNC2.O=C=Nc1ccc(Cl)cc1. The molecule has 0 aliphatic carbocycles. The number of carbonyl (C=O) groups excluding carboxylic acids is 11. The van der Waals surface area contributed by atoms with E-state index in [0.29, 0.717) is 124 Å². The summed E-state index contributed by atoms with van der Waals surface area (Å²) in [5.74, 6) is -2.35. The van der Waals surface area contributed by atoms with E-state index >= 15 is 0 Å². The van der Waals surface area contributed by atoms with Crippen LogP contribution in [0.1, 0.15) is 91.4 Å². The predicted octanol–water partition coefficient (Wildman–Crippen LogP) is 9.47. The maximum absolute atomic E-state index is 12.5. The highest BCUT2D eigenvalue weighted by Crippen LogP contribution is 2.37. The number of nitrogens with one attached hydrogen (secondary N) is 3. The van der Waals surface area contributed by atoms with E-state index in [1.165, 1.54) is 58.3 Å². The predicted molar refractivity (Wildman–Crippen MR) is 383 cm³/mol. The van der Waals surface area contributed by atoms with Crippen molar-refractivity contribution in [2.75, 3.05) is 68.9 Å². The van der Waals surface area contributed by atoms with Gasteiger partial charge in [-0.15, -0.1) is 34.0 Å². The van der Waals surface area contributed by atoms with Gasteiger partial charge in [-0.2, -0.15) is 10.3 Å². The molecule has 528 valence electrons. The number of anilines is 3. The second kappa shape index (κ2) is 41.2. The van der Waals surface area contributed by atoms with E-state index in [2.05, 4.69) is 46.4 Å². The number of piperidine rings is 1. The van der Waals surface area contributed by atoms with E-state index in [1.54, 1.807) is 93.6 Å². The smallest absolute Gasteiger partial charge is 0.410 e. The number of primary amides is 4. The number of hydrogen-bond acceptors (Lipinski definition) is 21. The number of nitriles is 1. The number of carbonyl (C=O) groups is 10. The minimum absolute atomic E-state index is 0.0134. The summed E-state index contributed by atoms with van der Waals surface area (Å²) in [6.07, 6.45) is 7.46. The molecule has 7 heterocycles. The molecule has 27 nitrogen and oxygen atoms in total. The molecule has 1 fully saturated rings. The first kappa shape index (κ1) is 80.5.